The maximum atomic E-state index is 5.82. The molecule has 0 N–H and O–H groups in total. The van der Waals surface area contributed by atoms with Crippen molar-refractivity contribution in [1.29, 1.82) is 0 Å². The van der Waals surface area contributed by atoms with Gasteiger partial charge in [-0.05, 0) is 75.9 Å². The van der Waals surface area contributed by atoms with E-state index >= 15 is 0 Å². The summed E-state index contributed by atoms with van der Waals surface area (Å²) in [6.45, 7) is 1.73. The predicted octanol–water partition coefficient (Wildman–Crippen LogP) is 4.80. The summed E-state index contributed by atoms with van der Waals surface area (Å²) in [6, 6.07) is 16.6. The van der Waals surface area contributed by atoms with Gasteiger partial charge in [0.2, 0.25) is 0 Å². The Hall–Kier alpha value is -0.500. The van der Waals surface area contributed by atoms with Crippen LogP contribution in [-0.4, -0.2) is 20.2 Å². The second kappa shape index (κ2) is 8.07. The van der Waals surface area contributed by atoms with Gasteiger partial charge in [0.25, 0.3) is 0 Å². The highest BCUT2D eigenvalue weighted by atomic mass is 127. The molecule has 20 heavy (non-hydrogen) atoms. The molecule has 0 bridgehead atoms. The Morgan fingerprint density at radius 2 is 1.60 bits per heavy atom. The van der Waals surface area contributed by atoms with Crippen LogP contribution in [0, 0.1) is 7.14 Å². The molecule has 106 valence electrons. The molecule has 2 nitrogen and oxygen atoms in total. The third-order valence-electron chi connectivity index (χ3n) is 3.00. The molecule has 4 heteroatoms. The minimum absolute atomic E-state index is 0.744. The first-order valence-corrected chi connectivity index (χ1v) is 8.67. The summed E-state index contributed by atoms with van der Waals surface area (Å²) >= 11 is 4.68. The summed E-state index contributed by atoms with van der Waals surface area (Å²) in [6.07, 6.45) is 1.01. The van der Waals surface area contributed by atoms with E-state index in [1.54, 1.807) is 0 Å². The van der Waals surface area contributed by atoms with Crippen LogP contribution in [0.2, 0.25) is 0 Å². The Balaban J connectivity index is 1.79. The van der Waals surface area contributed by atoms with E-state index in [4.69, 9.17) is 4.74 Å². The van der Waals surface area contributed by atoms with Gasteiger partial charge in [0, 0.05) is 22.8 Å². The van der Waals surface area contributed by atoms with E-state index in [-0.39, 0.29) is 0 Å². The van der Waals surface area contributed by atoms with Crippen LogP contribution < -0.4 is 9.64 Å². The van der Waals surface area contributed by atoms with Gasteiger partial charge in [-0.15, -0.1) is 0 Å². The van der Waals surface area contributed by atoms with Gasteiger partial charge in [-0.2, -0.15) is 0 Å². The molecule has 0 atom stereocenters. The first kappa shape index (κ1) is 15.9. The predicted molar refractivity (Wildman–Crippen MR) is 102 cm³/mol. The second-order valence-corrected chi connectivity index (χ2v) is 6.83. The number of para-hydroxylation sites is 2. The van der Waals surface area contributed by atoms with E-state index in [0.29, 0.717) is 0 Å². The molecule has 0 aliphatic heterocycles. The lowest BCUT2D eigenvalue weighted by atomic mass is 10.3. The third kappa shape index (κ3) is 4.51. The van der Waals surface area contributed by atoms with Crippen LogP contribution in [0.3, 0.4) is 0 Å². The molecule has 0 amide bonds. The van der Waals surface area contributed by atoms with Crippen molar-refractivity contribution < 1.29 is 4.74 Å². The number of halogens is 2. The van der Waals surface area contributed by atoms with Crippen molar-refractivity contribution in [2.45, 2.75) is 6.42 Å². The van der Waals surface area contributed by atoms with E-state index in [1.807, 2.05) is 18.2 Å². The molecule has 0 aliphatic rings. The molecule has 0 fully saturated rings. The number of nitrogens with zero attached hydrogens (tertiary/aromatic N) is 1. The Labute approximate surface area is 147 Å². The highest BCUT2D eigenvalue weighted by Gasteiger charge is 2.05. The van der Waals surface area contributed by atoms with Gasteiger partial charge in [-0.25, -0.2) is 0 Å². The monoisotopic (exact) mass is 493 g/mol. The number of benzene rings is 2. The number of ether oxygens (including phenoxy) is 1. The molecule has 0 heterocycles. The quantitative estimate of drug-likeness (QED) is 0.424. The van der Waals surface area contributed by atoms with Crippen molar-refractivity contribution in [1.82, 2.24) is 0 Å². The summed E-state index contributed by atoms with van der Waals surface area (Å²) < 4.78 is 8.26. The summed E-state index contributed by atoms with van der Waals surface area (Å²) in [4.78, 5) is 2.28. The van der Waals surface area contributed by atoms with Crippen molar-refractivity contribution in [3.05, 3.63) is 55.7 Å². The summed E-state index contributed by atoms with van der Waals surface area (Å²) in [5.41, 5.74) is 1.28. The lowest BCUT2D eigenvalue weighted by Crippen LogP contribution is -2.21. The van der Waals surface area contributed by atoms with Crippen LogP contribution in [0.1, 0.15) is 6.42 Å². The van der Waals surface area contributed by atoms with Gasteiger partial charge in [0.15, 0.2) is 0 Å². The second-order valence-electron chi connectivity index (χ2n) is 4.51. The fourth-order valence-corrected chi connectivity index (χ4v) is 3.27. The van der Waals surface area contributed by atoms with Gasteiger partial charge in [-0.3, -0.25) is 0 Å². The minimum atomic E-state index is 0.744. The van der Waals surface area contributed by atoms with Crippen molar-refractivity contribution in [3.8, 4) is 5.75 Å². The standard InChI is InChI=1S/C16H17I2NO/c1-19(15-9-4-2-7-13(15)17)11-6-12-20-16-10-5-3-8-14(16)18/h2-5,7-10H,6,11-12H2,1H3. The van der Waals surface area contributed by atoms with Crippen LogP contribution in [0.5, 0.6) is 5.75 Å². The highest BCUT2D eigenvalue weighted by molar-refractivity contribution is 14.1. The molecule has 2 rings (SSSR count). The van der Waals surface area contributed by atoms with E-state index in [2.05, 4.69) is 87.5 Å². The smallest absolute Gasteiger partial charge is 0.132 e. The number of rotatable bonds is 6. The molecule has 0 radical (unpaired) electrons. The molecule has 0 aromatic heterocycles. The van der Waals surface area contributed by atoms with Crippen molar-refractivity contribution in [3.63, 3.8) is 0 Å². The number of hydrogen-bond acceptors (Lipinski definition) is 2. The van der Waals surface area contributed by atoms with Gasteiger partial charge in [0.1, 0.15) is 5.75 Å². The Bertz CT molecular complexity index is 560. The van der Waals surface area contributed by atoms with Crippen LogP contribution >= 0.6 is 45.2 Å². The van der Waals surface area contributed by atoms with Crippen molar-refractivity contribution in [2.75, 3.05) is 25.1 Å². The zero-order valence-electron chi connectivity index (χ0n) is 11.4. The SMILES string of the molecule is CN(CCCOc1ccccc1I)c1ccccc1I. The van der Waals surface area contributed by atoms with Crippen molar-refractivity contribution in [2.24, 2.45) is 0 Å². The van der Waals surface area contributed by atoms with E-state index < -0.39 is 0 Å². The lowest BCUT2D eigenvalue weighted by Gasteiger charge is -2.20. The molecule has 0 spiro atoms. The number of anilines is 1. The van der Waals surface area contributed by atoms with E-state index in [1.165, 1.54) is 9.26 Å². The maximum Gasteiger partial charge on any atom is 0.132 e. The van der Waals surface area contributed by atoms with E-state index in [9.17, 15) is 0 Å². The molecule has 0 aliphatic carbocycles. The molecule has 2 aromatic carbocycles. The average molecular weight is 493 g/mol. The summed E-state index contributed by atoms with van der Waals surface area (Å²) in [5.74, 6) is 0.977. The molecule has 2 aromatic rings. The largest absolute Gasteiger partial charge is 0.492 e. The van der Waals surface area contributed by atoms with Gasteiger partial charge in [0.05, 0.1) is 10.2 Å². The average Bonchev–Trinajstić information content (AvgIpc) is 2.45. The first-order chi connectivity index (χ1) is 9.68. The van der Waals surface area contributed by atoms with Gasteiger partial charge < -0.3 is 9.64 Å². The van der Waals surface area contributed by atoms with Crippen molar-refractivity contribution >= 4 is 50.9 Å². The highest BCUT2D eigenvalue weighted by Crippen LogP contribution is 2.22. The fraction of sp³-hybridized carbons (Fsp3) is 0.250. The Morgan fingerprint density at radius 3 is 2.30 bits per heavy atom. The van der Waals surface area contributed by atoms with Crippen LogP contribution in [0.25, 0.3) is 0 Å². The number of hydrogen-bond donors (Lipinski definition) is 0. The van der Waals surface area contributed by atoms with Crippen LogP contribution in [-0.2, 0) is 0 Å². The molecular weight excluding hydrogens is 476 g/mol. The molecule has 0 saturated heterocycles. The summed E-state index contributed by atoms with van der Waals surface area (Å²) in [7, 11) is 2.13. The molecule has 0 saturated carbocycles. The van der Waals surface area contributed by atoms with Gasteiger partial charge >= 0.3 is 0 Å². The normalized spacial score (nSPS) is 10.3. The lowest BCUT2D eigenvalue weighted by molar-refractivity contribution is 0.310. The van der Waals surface area contributed by atoms with Crippen LogP contribution in [0.4, 0.5) is 5.69 Å². The molecular formula is C16H17I2NO. The zero-order chi connectivity index (χ0) is 14.4. The van der Waals surface area contributed by atoms with E-state index in [0.717, 1.165) is 28.9 Å². The zero-order valence-corrected chi connectivity index (χ0v) is 15.7. The Morgan fingerprint density at radius 1 is 0.950 bits per heavy atom. The summed E-state index contributed by atoms with van der Waals surface area (Å²) in [5, 5.41) is 0. The minimum Gasteiger partial charge on any atom is -0.492 e. The fourth-order valence-electron chi connectivity index (χ4n) is 1.93. The topological polar surface area (TPSA) is 12.5 Å². The van der Waals surface area contributed by atoms with Gasteiger partial charge in [-0.1, -0.05) is 24.3 Å². The molecule has 0 unspecified atom stereocenters. The Kier molecular flexibility index (Phi) is 6.41. The maximum absolute atomic E-state index is 5.82. The third-order valence-corrected chi connectivity index (χ3v) is 4.80. The van der Waals surface area contributed by atoms with Crippen LogP contribution in [0.15, 0.2) is 48.5 Å². The first-order valence-electron chi connectivity index (χ1n) is 6.51.